The van der Waals surface area contributed by atoms with E-state index >= 15 is 0 Å². The summed E-state index contributed by atoms with van der Waals surface area (Å²) in [6.45, 7) is 4.30. The fourth-order valence-electron chi connectivity index (χ4n) is 3.57. The molecule has 0 aliphatic carbocycles. The number of hydrogen-bond acceptors (Lipinski definition) is 3. The van der Waals surface area contributed by atoms with Crippen LogP contribution < -0.4 is 10.4 Å². The van der Waals surface area contributed by atoms with Crippen molar-refractivity contribution in [2.45, 2.75) is 13.8 Å². The molecular weight excluding hydrogens is 368 g/mol. The van der Waals surface area contributed by atoms with Gasteiger partial charge in [-0.2, -0.15) is 0 Å². The van der Waals surface area contributed by atoms with Crippen LogP contribution in [0.5, 0.6) is 0 Å². The summed E-state index contributed by atoms with van der Waals surface area (Å²) in [4.78, 5) is 4.09. The second-order valence-corrected chi connectivity index (χ2v) is 7.20. The quantitative estimate of drug-likeness (QED) is 0.494. The minimum absolute atomic E-state index is 0.859. The van der Waals surface area contributed by atoms with Crippen LogP contribution in [0, 0.1) is 6.92 Å². The van der Waals surface area contributed by atoms with Crippen LogP contribution in [-0.2, 0) is 0 Å². The Kier molecular flexibility index (Phi) is 5.66. The van der Waals surface area contributed by atoms with Crippen LogP contribution in [0.4, 0.5) is 0 Å². The van der Waals surface area contributed by atoms with Gasteiger partial charge >= 0.3 is 0 Å². The lowest BCUT2D eigenvalue weighted by Crippen LogP contribution is -2.26. The highest BCUT2D eigenvalue weighted by molar-refractivity contribution is 5.91. The Morgan fingerprint density at radius 2 is 1.73 bits per heavy atom. The Labute approximate surface area is 176 Å². The van der Waals surface area contributed by atoms with Gasteiger partial charge in [-0.1, -0.05) is 65.9 Å². The van der Waals surface area contributed by atoms with E-state index in [4.69, 9.17) is 0 Å². The molecule has 30 heavy (non-hydrogen) atoms. The van der Waals surface area contributed by atoms with Gasteiger partial charge in [0.05, 0.1) is 11.9 Å². The summed E-state index contributed by atoms with van der Waals surface area (Å²) in [5.41, 5.74) is 6.53. The molecule has 0 bridgehead atoms. The number of aliphatic imine (C=N–C) groups is 1. The summed E-state index contributed by atoms with van der Waals surface area (Å²) in [5.74, 6) is 0. The molecule has 0 radical (unpaired) electrons. The molecule has 0 spiro atoms. The SMILES string of the molecule is C/N=C/C=c1/cccc/c1=C(/C)c1cc(-n2cc(-c3ccccc3)nn2)ccc1C. The molecule has 148 valence electrons. The summed E-state index contributed by atoms with van der Waals surface area (Å²) >= 11 is 0. The first-order valence-corrected chi connectivity index (χ1v) is 9.95. The fraction of sp³-hybridized carbons (Fsp3) is 0.115. The van der Waals surface area contributed by atoms with Gasteiger partial charge in [0.1, 0.15) is 5.69 Å². The summed E-state index contributed by atoms with van der Waals surface area (Å²) in [6, 6.07) is 24.9. The first kappa shape index (κ1) is 19.5. The van der Waals surface area contributed by atoms with Crippen LogP contribution in [0.15, 0.2) is 84.0 Å². The van der Waals surface area contributed by atoms with Crippen molar-refractivity contribution in [2.24, 2.45) is 4.99 Å². The van der Waals surface area contributed by atoms with Crippen LogP contribution in [-0.4, -0.2) is 28.3 Å². The van der Waals surface area contributed by atoms with Gasteiger partial charge < -0.3 is 0 Å². The van der Waals surface area contributed by atoms with E-state index in [-0.39, 0.29) is 0 Å². The van der Waals surface area contributed by atoms with Gasteiger partial charge in [-0.15, -0.1) is 5.10 Å². The molecule has 0 saturated heterocycles. The largest absolute Gasteiger partial charge is 0.296 e. The monoisotopic (exact) mass is 392 g/mol. The zero-order valence-corrected chi connectivity index (χ0v) is 17.4. The molecule has 4 aromatic rings. The number of hydrogen-bond donors (Lipinski definition) is 0. The third-order valence-corrected chi connectivity index (χ3v) is 5.22. The van der Waals surface area contributed by atoms with Crippen LogP contribution in [0.25, 0.3) is 28.6 Å². The van der Waals surface area contributed by atoms with E-state index in [2.05, 4.69) is 71.6 Å². The van der Waals surface area contributed by atoms with E-state index in [0.29, 0.717) is 0 Å². The van der Waals surface area contributed by atoms with Crippen LogP contribution in [0.2, 0.25) is 0 Å². The Hall–Kier alpha value is -3.79. The molecule has 0 aliphatic rings. The molecule has 4 nitrogen and oxygen atoms in total. The van der Waals surface area contributed by atoms with Crippen molar-refractivity contribution in [3.63, 3.8) is 0 Å². The first-order chi connectivity index (χ1) is 14.7. The number of aryl methyl sites for hydroxylation is 1. The van der Waals surface area contributed by atoms with Gasteiger partial charge in [0.2, 0.25) is 0 Å². The summed E-state index contributed by atoms with van der Waals surface area (Å²) in [5, 5.41) is 11.1. The van der Waals surface area contributed by atoms with E-state index in [9.17, 15) is 0 Å². The Bertz CT molecular complexity index is 1310. The normalized spacial score (nSPS) is 13.1. The lowest BCUT2D eigenvalue weighted by atomic mass is 9.98. The Balaban J connectivity index is 1.82. The van der Waals surface area contributed by atoms with E-state index in [1.54, 1.807) is 7.05 Å². The lowest BCUT2D eigenvalue weighted by Gasteiger charge is -2.10. The fourth-order valence-corrected chi connectivity index (χ4v) is 3.57. The molecule has 1 heterocycles. The number of benzene rings is 3. The first-order valence-electron chi connectivity index (χ1n) is 9.95. The van der Waals surface area contributed by atoms with Crippen molar-refractivity contribution in [1.29, 1.82) is 0 Å². The average molecular weight is 393 g/mol. The molecule has 0 aliphatic heterocycles. The van der Waals surface area contributed by atoms with E-state index < -0.39 is 0 Å². The van der Waals surface area contributed by atoms with Gasteiger partial charge in [0, 0.05) is 18.8 Å². The zero-order valence-electron chi connectivity index (χ0n) is 17.4. The molecule has 4 rings (SSSR count). The van der Waals surface area contributed by atoms with Gasteiger partial charge in [0.25, 0.3) is 0 Å². The second kappa shape index (κ2) is 8.70. The third kappa shape index (κ3) is 3.98. The van der Waals surface area contributed by atoms with E-state index in [1.807, 2.05) is 53.5 Å². The minimum Gasteiger partial charge on any atom is -0.296 e. The third-order valence-electron chi connectivity index (χ3n) is 5.22. The molecule has 0 fully saturated rings. The van der Waals surface area contributed by atoms with Crippen molar-refractivity contribution >= 4 is 17.9 Å². The highest BCUT2D eigenvalue weighted by Crippen LogP contribution is 2.22. The van der Waals surface area contributed by atoms with Gasteiger partial charge in [-0.25, -0.2) is 4.68 Å². The van der Waals surface area contributed by atoms with Gasteiger partial charge in [0.15, 0.2) is 0 Å². The molecule has 0 N–H and O–H groups in total. The Morgan fingerprint density at radius 1 is 0.967 bits per heavy atom. The minimum atomic E-state index is 0.859. The van der Waals surface area contributed by atoms with Crippen molar-refractivity contribution in [3.05, 3.63) is 101 Å². The Morgan fingerprint density at radius 3 is 2.53 bits per heavy atom. The standard InChI is InChI=1S/C26H24N4/c1-19-13-14-23(30-18-26(28-29-30)22-10-5-4-6-11-22)17-25(19)20(2)24-12-8-7-9-21(24)15-16-27-3/h4-18H,1-3H3/b21-15-,24-20+,27-16+. The van der Waals surface area contributed by atoms with Crippen molar-refractivity contribution in [3.8, 4) is 16.9 Å². The lowest BCUT2D eigenvalue weighted by molar-refractivity contribution is 0.803. The average Bonchev–Trinajstić information content (AvgIpc) is 3.29. The highest BCUT2D eigenvalue weighted by Gasteiger charge is 2.08. The molecule has 0 saturated carbocycles. The highest BCUT2D eigenvalue weighted by atomic mass is 15.4. The maximum atomic E-state index is 4.36. The van der Waals surface area contributed by atoms with Gasteiger partial charge in [-0.3, -0.25) is 4.99 Å². The molecule has 0 atom stereocenters. The summed E-state index contributed by atoms with van der Waals surface area (Å²) < 4.78 is 1.83. The summed E-state index contributed by atoms with van der Waals surface area (Å²) in [6.07, 6.45) is 5.84. The predicted octanol–water partition coefficient (Wildman–Crippen LogP) is 3.94. The molecular formula is C26H24N4. The molecule has 1 aromatic heterocycles. The number of nitrogens with zero attached hydrogens (tertiary/aromatic N) is 4. The predicted molar refractivity (Wildman–Crippen MR) is 124 cm³/mol. The van der Waals surface area contributed by atoms with E-state index in [1.165, 1.54) is 21.9 Å². The van der Waals surface area contributed by atoms with Crippen molar-refractivity contribution in [2.75, 3.05) is 7.05 Å². The topological polar surface area (TPSA) is 43.1 Å². The van der Waals surface area contributed by atoms with Crippen LogP contribution in [0.1, 0.15) is 18.1 Å². The van der Waals surface area contributed by atoms with Crippen molar-refractivity contribution < 1.29 is 0 Å². The molecule has 0 amide bonds. The van der Waals surface area contributed by atoms with E-state index in [0.717, 1.165) is 22.2 Å². The smallest absolute Gasteiger partial charge is 0.113 e. The summed E-state index contributed by atoms with van der Waals surface area (Å²) in [7, 11) is 1.78. The van der Waals surface area contributed by atoms with Crippen LogP contribution in [0.3, 0.4) is 0 Å². The molecule has 0 unspecified atom stereocenters. The maximum Gasteiger partial charge on any atom is 0.113 e. The van der Waals surface area contributed by atoms with Crippen molar-refractivity contribution in [1.82, 2.24) is 15.0 Å². The molecule has 4 heteroatoms. The van der Waals surface area contributed by atoms with Gasteiger partial charge in [-0.05, 0) is 59.2 Å². The maximum absolute atomic E-state index is 4.36. The number of aromatic nitrogens is 3. The van der Waals surface area contributed by atoms with Crippen LogP contribution >= 0.6 is 0 Å². The molecule has 3 aromatic carbocycles. The number of rotatable bonds is 4. The zero-order chi connectivity index (χ0) is 20.9. The second-order valence-electron chi connectivity index (χ2n) is 7.20.